The number of nitrogens with zero attached hydrogens (tertiary/aromatic N) is 1. The molecule has 2 saturated carbocycles. The second-order valence-electron chi connectivity index (χ2n) is 14.2. The Kier molecular flexibility index (Phi) is 6.60. The van der Waals surface area contributed by atoms with Crippen LogP contribution in [0.5, 0.6) is 0 Å². The molecule has 9 unspecified atom stereocenters. The number of carbonyl (C=O) groups is 3. The summed E-state index contributed by atoms with van der Waals surface area (Å²) in [4.78, 5) is 39.3. The third kappa shape index (κ3) is 3.82. The fourth-order valence-electron chi connectivity index (χ4n) is 8.72. The fraction of sp³-hybridized carbons (Fsp3) is 0.767. The molecule has 11 heteroatoms. The van der Waals surface area contributed by atoms with Gasteiger partial charge in [-0.15, -0.1) is 10.3 Å². The van der Waals surface area contributed by atoms with Gasteiger partial charge in [0.15, 0.2) is 17.1 Å². The summed E-state index contributed by atoms with van der Waals surface area (Å²) in [6.45, 7) is 12.8. The van der Waals surface area contributed by atoms with Crippen molar-refractivity contribution in [2.24, 2.45) is 29.1 Å². The molecule has 9 atom stereocenters. The molecule has 0 bridgehead atoms. The van der Waals surface area contributed by atoms with Gasteiger partial charge in [-0.05, 0) is 38.8 Å². The fourth-order valence-corrected chi connectivity index (χ4v) is 8.72. The molecule has 0 aromatic heterocycles. The first kappa shape index (κ1) is 30.3. The van der Waals surface area contributed by atoms with Crippen molar-refractivity contribution >= 4 is 17.7 Å². The van der Waals surface area contributed by atoms with E-state index in [0.29, 0.717) is 11.1 Å². The van der Waals surface area contributed by atoms with Crippen molar-refractivity contribution in [1.29, 1.82) is 0 Å². The first-order valence-corrected chi connectivity index (χ1v) is 14.2. The monoisotopic (exact) mass is 576 g/mol. The van der Waals surface area contributed by atoms with Crippen LogP contribution in [0.1, 0.15) is 68.2 Å². The third-order valence-electron chi connectivity index (χ3n) is 10.7. The van der Waals surface area contributed by atoms with Gasteiger partial charge in [-0.2, -0.15) is 0 Å². The van der Waals surface area contributed by atoms with Gasteiger partial charge in [0.05, 0.1) is 30.8 Å². The predicted octanol–water partition coefficient (Wildman–Crippen LogP) is 1.61. The summed E-state index contributed by atoms with van der Waals surface area (Å²) in [5.74, 6) is -5.28. The van der Waals surface area contributed by atoms with Crippen LogP contribution in [0.2, 0.25) is 0 Å². The quantitative estimate of drug-likeness (QED) is 0.324. The molecule has 0 spiro atoms. The van der Waals surface area contributed by atoms with Gasteiger partial charge < -0.3 is 29.5 Å². The number of fused-ring (bicyclic) bond motifs is 5. The standard InChI is InChI=1S/C30H42NO10/c1-15-9-20-28(36,23(15)35)11-18(13-32)10-19-22-26(6,7)30(22,41-17(3)33)24(16(2)29(19,20)37)40-21(34)12-27(8)31(38)25(4,5)14-39-27/h9-10,16,19-20,22,24,32,36-37H,11-14H2,1-8H3. The van der Waals surface area contributed by atoms with Gasteiger partial charge in [-0.3, -0.25) is 14.4 Å². The number of aliphatic hydroxyl groups is 3. The molecule has 1 heterocycles. The second-order valence-corrected chi connectivity index (χ2v) is 14.2. The summed E-state index contributed by atoms with van der Waals surface area (Å²) in [6.07, 6.45) is 1.50. The summed E-state index contributed by atoms with van der Waals surface area (Å²) in [5, 5.41) is 48.4. The number of ketones is 1. The van der Waals surface area contributed by atoms with Crippen LogP contribution in [-0.4, -0.2) is 85.5 Å². The Morgan fingerprint density at radius 1 is 1.15 bits per heavy atom. The van der Waals surface area contributed by atoms with E-state index in [4.69, 9.17) is 14.2 Å². The molecule has 0 aromatic carbocycles. The van der Waals surface area contributed by atoms with Gasteiger partial charge in [0.2, 0.25) is 0 Å². The Morgan fingerprint density at radius 2 is 1.78 bits per heavy atom. The SMILES string of the molecule is CC(=O)OC12C(OC(=O)CC3(C)OCC(C)(C)N3[O])C(C)C3(O)C(C=C(CO)CC4(O)C(=O)C(C)=CC43)C1C2(C)C. The zero-order valence-electron chi connectivity index (χ0n) is 25.0. The molecule has 4 aliphatic carbocycles. The van der Waals surface area contributed by atoms with Gasteiger partial charge in [0, 0.05) is 42.4 Å². The van der Waals surface area contributed by atoms with Crippen molar-refractivity contribution in [2.75, 3.05) is 13.2 Å². The molecular weight excluding hydrogens is 534 g/mol. The number of rotatable bonds is 5. The lowest BCUT2D eigenvalue weighted by atomic mass is 9.59. The third-order valence-corrected chi connectivity index (χ3v) is 10.7. The van der Waals surface area contributed by atoms with E-state index in [0.717, 1.165) is 5.06 Å². The minimum atomic E-state index is -2.01. The minimum absolute atomic E-state index is 0.119. The van der Waals surface area contributed by atoms with Crippen molar-refractivity contribution in [1.82, 2.24) is 5.06 Å². The predicted molar refractivity (Wildman–Crippen MR) is 142 cm³/mol. The van der Waals surface area contributed by atoms with Gasteiger partial charge in [-0.1, -0.05) is 32.9 Å². The molecule has 1 saturated heterocycles. The van der Waals surface area contributed by atoms with Gasteiger partial charge in [0.1, 0.15) is 11.7 Å². The van der Waals surface area contributed by atoms with Crippen LogP contribution in [-0.2, 0) is 33.8 Å². The molecule has 227 valence electrons. The van der Waals surface area contributed by atoms with Crippen LogP contribution in [0.3, 0.4) is 0 Å². The zero-order chi connectivity index (χ0) is 30.7. The lowest BCUT2D eigenvalue weighted by Crippen LogP contribution is -2.66. The molecule has 11 nitrogen and oxygen atoms in total. The summed E-state index contributed by atoms with van der Waals surface area (Å²) >= 11 is 0. The summed E-state index contributed by atoms with van der Waals surface area (Å²) in [5.41, 5.74) is -7.64. The average Bonchev–Trinajstić information content (AvgIpc) is 3.19. The van der Waals surface area contributed by atoms with E-state index in [-0.39, 0.29) is 13.0 Å². The van der Waals surface area contributed by atoms with Gasteiger partial charge in [0.25, 0.3) is 0 Å². The first-order valence-electron chi connectivity index (χ1n) is 14.2. The molecule has 5 aliphatic rings. The number of carbonyl (C=O) groups excluding carboxylic acids is 3. The highest BCUT2D eigenvalue weighted by atomic mass is 16.6. The van der Waals surface area contributed by atoms with E-state index in [2.05, 4.69) is 0 Å². The van der Waals surface area contributed by atoms with Crippen molar-refractivity contribution in [3.63, 3.8) is 0 Å². The number of ether oxygens (including phenoxy) is 3. The van der Waals surface area contributed by atoms with Gasteiger partial charge in [-0.25, -0.2) is 0 Å². The van der Waals surface area contributed by atoms with Crippen LogP contribution < -0.4 is 0 Å². The molecule has 3 N–H and O–H groups in total. The maximum Gasteiger partial charge on any atom is 0.310 e. The lowest BCUT2D eigenvalue weighted by molar-refractivity contribution is -0.287. The van der Waals surface area contributed by atoms with Crippen LogP contribution >= 0.6 is 0 Å². The Labute approximate surface area is 240 Å². The molecule has 0 aromatic rings. The Hall–Kier alpha value is -2.15. The molecule has 5 rings (SSSR count). The van der Waals surface area contributed by atoms with Crippen LogP contribution in [0, 0.1) is 29.1 Å². The largest absolute Gasteiger partial charge is 0.458 e. The normalized spacial score (nSPS) is 46.0. The van der Waals surface area contributed by atoms with E-state index >= 15 is 0 Å². The Morgan fingerprint density at radius 3 is 2.32 bits per heavy atom. The number of hydrogen-bond acceptors (Lipinski definition) is 10. The maximum absolute atomic E-state index is 13.6. The first-order chi connectivity index (χ1) is 18.7. The number of esters is 2. The van der Waals surface area contributed by atoms with E-state index in [1.165, 1.54) is 13.8 Å². The smallest absolute Gasteiger partial charge is 0.310 e. The van der Waals surface area contributed by atoms with E-state index < -0.39 is 94.0 Å². The summed E-state index contributed by atoms with van der Waals surface area (Å²) < 4.78 is 17.9. The van der Waals surface area contributed by atoms with E-state index in [9.17, 15) is 34.9 Å². The highest BCUT2D eigenvalue weighted by Gasteiger charge is 2.87. The second kappa shape index (κ2) is 8.93. The molecule has 3 fully saturated rings. The molecule has 41 heavy (non-hydrogen) atoms. The maximum atomic E-state index is 13.6. The highest BCUT2D eigenvalue weighted by molar-refractivity contribution is 6.04. The van der Waals surface area contributed by atoms with Crippen LogP contribution in [0.4, 0.5) is 0 Å². The number of aliphatic hydroxyl groups excluding tert-OH is 1. The zero-order valence-corrected chi connectivity index (χ0v) is 25.0. The van der Waals surface area contributed by atoms with Crippen LogP contribution in [0.25, 0.3) is 0 Å². The molecule has 0 amide bonds. The Bertz CT molecular complexity index is 1260. The topological polar surface area (TPSA) is 163 Å². The number of hydrogen-bond donors (Lipinski definition) is 3. The van der Waals surface area contributed by atoms with Crippen molar-refractivity contribution < 1.29 is 49.1 Å². The van der Waals surface area contributed by atoms with Crippen LogP contribution in [0.15, 0.2) is 23.3 Å². The van der Waals surface area contributed by atoms with E-state index in [1.807, 2.05) is 13.8 Å². The van der Waals surface area contributed by atoms with Crippen molar-refractivity contribution in [3.8, 4) is 0 Å². The highest BCUT2D eigenvalue weighted by Crippen LogP contribution is 2.77. The van der Waals surface area contributed by atoms with E-state index in [1.54, 1.807) is 39.8 Å². The molecule has 1 aliphatic heterocycles. The lowest BCUT2D eigenvalue weighted by Gasteiger charge is -2.53. The van der Waals surface area contributed by atoms with Crippen molar-refractivity contribution in [3.05, 3.63) is 23.3 Å². The summed E-state index contributed by atoms with van der Waals surface area (Å²) in [6, 6.07) is 0. The summed E-state index contributed by atoms with van der Waals surface area (Å²) in [7, 11) is 0. The number of hydroxylamine groups is 2. The Balaban J connectivity index is 1.60. The average molecular weight is 577 g/mol. The van der Waals surface area contributed by atoms with Crippen molar-refractivity contribution in [2.45, 2.75) is 102 Å². The molecule has 1 radical (unpaired) electrons. The van der Waals surface area contributed by atoms with Gasteiger partial charge >= 0.3 is 11.9 Å². The minimum Gasteiger partial charge on any atom is -0.458 e. The number of Topliss-reactive ketones (excluding diaryl/α,β-unsaturated/α-hetero) is 1. The molecular formula is C30H42NO10.